The van der Waals surface area contributed by atoms with Crippen LogP contribution in [0.3, 0.4) is 0 Å². The van der Waals surface area contributed by atoms with Gasteiger partial charge in [0.2, 0.25) is 0 Å². The van der Waals surface area contributed by atoms with Crippen LogP contribution in [0.1, 0.15) is 44.2 Å². The number of benzene rings is 2. The van der Waals surface area contributed by atoms with E-state index in [2.05, 4.69) is 82.5 Å². The van der Waals surface area contributed by atoms with E-state index < -0.39 is 0 Å². The predicted molar refractivity (Wildman–Crippen MR) is 125 cm³/mol. The van der Waals surface area contributed by atoms with Crippen molar-refractivity contribution in [1.29, 1.82) is 0 Å². The van der Waals surface area contributed by atoms with Gasteiger partial charge in [0.1, 0.15) is 5.75 Å². The SMILES string of the molecule is CC(C)Oc1ccc(Br)c(CC2CCN(CCC3Cc4ccccc4N3)CC2)c1. The molecule has 0 aliphatic carbocycles. The molecule has 0 spiro atoms. The molecule has 4 heteroatoms. The molecule has 1 fully saturated rings. The van der Waals surface area contributed by atoms with Crippen molar-refractivity contribution < 1.29 is 4.74 Å². The van der Waals surface area contributed by atoms with Gasteiger partial charge in [-0.15, -0.1) is 0 Å². The minimum absolute atomic E-state index is 0.217. The van der Waals surface area contributed by atoms with Gasteiger partial charge >= 0.3 is 0 Å². The Labute approximate surface area is 184 Å². The summed E-state index contributed by atoms with van der Waals surface area (Å²) in [5.41, 5.74) is 4.20. The number of halogens is 1. The Bertz CT molecular complexity index is 789. The number of nitrogens with one attached hydrogen (secondary N) is 1. The van der Waals surface area contributed by atoms with Crippen LogP contribution in [0.5, 0.6) is 5.75 Å². The third kappa shape index (κ3) is 5.55. The summed E-state index contributed by atoms with van der Waals surface area (Å²) in [6, 6.07) is 15.8. The summed E-state index contributed by atoms with van der Waals surface area (Å²) >= 11 is 3.74. The monoisotopic (exact) mass is 456 g/mol. The first-order valence-corrected chi connectivity index (χ1v) is 11.9. The Balaban J connectivity index is 1.22. The summed E-state index contributed by atoms with van der Waals surface area (Å²) < 4.78 is 7.10. The lowest BCUT2D eigenvalue weighted by Gasteiger charge is -2.33. The zero-order valence-corrected chi connectivity index (χ0v) is 19.2. The minimum Gasteiger partial charge on any atom is -0.491 e. The normalized spacial score (nSPS) is 19.9. The molecule has 1 N–H and O–H groups in total. The highest BCUT2D eigenvalue weighted by molar-refractivity contribution is 9.10. The van der Waals surface area contributed by atoms with Crippen molar-refractivity contribution in [3.63, 3.8) is 0 Å². The number of rotatable bonds is 7. The fraction of sp³-hybridized carbons (Fsp3) is 0.520. The van der Waals surface area contributed by atoms with Crippen LogP contribution >= 0.6 is 15.9 Å². The van der Waals surface area contributed by atoms with E-state index >= 15 is 0 Å². The zero-order valence-electron chi connectivity index (χ0n) is 17.7. The summed E-state index contributed by atoms with van der Waals surface area (Å²) in [7, 11) is 0. The largest absolute Gasteiger partial charge is 0.491 e. The number of nitrogens with zero attached hydrogens (tertiary/aromatic N) is 1. The molecule has 156 valence electrons. The molecule has 1 saturated heterocycles. The number of hydrogen-bond donors (Lipinski definition) is 1. The van der Waals surface area contributed by atoms with Crippen molar-refractivity contribution in [2.45, 2.75) is 58.1 Å². The van der Waals surface area contributed by atoms with Gasteiger partial charge in [0.25, 0.3) is 0 Å². The van der Waals surface area contributed by atoms with E-state index in [1.54, 1.807) is 0 Å². The zero-order chi connectivity index (χ0) is 20.2. The molecule has 29 heavy (non-hydrogen) atoms. The molecule has 0 aromatic heterocycles. The maximum atomic E-state index is 5.89. The molecule has 2 aromatic rings. The molecule has 0 amide bonds. The topological polar surface area (TPSA) is 24.5 Å². The summed E-state index contributed by atoms with van der Waals surface area (Å²) in [5.74, 6) is 1.76. The van der Waals surface area contributed by atoms with Gasteiger partial charge in [-0.25, -0.2) is 0 Å². The Kier molecular flexibility index (Phi) is 6.81. The van der Waals surface area contributed by atoms with E-state index in [-0.39, 0.29) is 6.10 Å². The van der Waals surface area contributed by atoms with E-state index in [1.807, 2.05) is 0 Å². The number of para-hydroxylation sites is 1. The number of piperidine rings is 1. The van der Waals surface area contributed by atoms with Crippen LogP contribution in [0.25, 0.3) is 0 Å². The Morgan fingerprint density at radius 3 is 2.69 bits per heavy atom. The molecule has 1 unspecified atom stereocenters. The summed E-state index contributed by atoms with van der Waals surface area (Å²) in [6.45, 7) is 7.82. The van der Waals surface area contributed by atoms with Crippen LogP contribution in [-0.2, 0) is 12.8 Å². The highest BCUT2D eigenvalue weighted by Crippen LogP contribution is 2.30. The van der Waals surface area contributed by atoms with Crippen molar-refractivity contribution in [1.82, 2.24) is 4.90 Å². The second kappa shape index (κ2) is 9.53. The molecule has 0 radical (unpaired) electrons. The first kappa shape index (κ1) is 20.7. The van der Waals surface area contributed by atoms with E-state index in [0.717, 1.165) is 18.1 Å². The van der Waals surface area contributed by atoms with Crippen molar-refractivity contribution in [3.8, 4) is 5.75 Å². The fourth-order valence-corrected chi connectivity index (χ4v) is 5.07. The Morgan fingerprint density at radius 1 is 1.14 bits per heavy atom. The highest BCUT2D eigenvalue weighted by Gasteiger charge is 2.23. The smallest absolute Gasteiger partial charge is 0.120 e. The molecular formula is C25H33BrN2O. The molecular weight excluding hydrogens is 424 g/mol. The first-order valence-electron chi connectivity index (χ1n) is 11.1. The van der Waals surface area contributed by atoms with Gasteiger partial charge < -0.3 is 15.0 Å². The number of fused-ring (bicyclic) bond motifs is 1. The number of hydrogen-bond acceptors (Lipinski definition) is 3. The van der Waals surface area contributed by atoms with Gasteiger partial charge in [-0.2, -0.15) is 0 Å². The van der Waals surface area contributed by atoms with Gasteiger partial charge in [-0.3, -0.25) is 0 Å². The summed E-state index contributed by atoms with van der Waals surface area (Å²) in [5, 5.41) is 3.70. The molecule has 0 bridgehead atoms. The van der Waals surface area contributed by atoms with Crippen LogP contribution in [0.4, 0.5) is 5.69 Å². The molecule has 0 saturated carbocycles. The van der Waals surface area contributed by atoms with Crippen molar-refractivity contribution in [3.05, 3.63) is 58.1 Å². The van der Waals surface area contributed by atoms with Crippen molar-refractivity contribution in [2.75, 3.05) is 25.0 Å². The average molecular weight is 457 g/mol. The second-order valence-electron chi connectivity index (χ2n) is 8.90. The van der Waals surface area contributed by atoms with E-state index in [4.69, 9.17) is 4.74 Å². The van der Waals surface area contributed by atoms with Crippen LogP contribution in [-0.4, -0.2) is 36.7 Å². The fourth-order valence-electron chi connectivity index (χ4n) is 4.67. The van der Waals surface area contributed by atoms with Gasteiger partial charge in [-0.05, 0) is 100 Å². The lowest BCUT2D eigenvalue weighted by atomic mass is 9.90. The maximum absolute atomic E-state index is 5.89. The molecule has 3 nitrogen and oxygen atoms in total. The standard InChI is InChI=1S/C25H33BrN2O/c1-18(2)29-23-7-8-24(26)21(17-23)15-19-9-12-28(13-10-19)14-11-22-16-20-5-3-4-6-25(20)27-22/h3-8,17-19,22,27H,9-16H2,1-2H3. The molecule has 2 aliphatic heterocycles. The maximum Gasteiger partial charge on any atom is 0.120 e. The molecule has 4 rings (SSSR count). The Morgan fingerprint density at radius 2 is 1.93 bits per heavy atom. The lowest BCUT2D eigenvalue weighted by Crippen LogP contribution is -2.36. The van der Waals surface area contributed by atoms with Gasteiger partial charge in [0, 0.05) is 22.7 Å². The quantitative estimate of drug-likeness (QED) is 0.559. The third-order valence-electron chi connectivity index (χ3n) is 6.24. The lowest BCUT2D eigenvalue weighted by molar-refractivity contribution is 0.180. The van der Waals surface area contributed by atoms with E-state index in [0.29, 0.717) is 6.04 Å². The molecule has 2 aromatic carbocycles. The van der Waals surface area contributed by atoms with Crippen LogP contribution < -0.4 is 10.1 Å². The minimum atomic E-state index is 0.217. The van der Waals surface area contributed by atoms with E-state index in [1.165, 1.54) is 66.6 Å². The summed E-state index contributed by atoms with van der Waals surface area (Å²) in [6.07, 6.45) is 6.35. The highest BCUT2D eigenvalue weighted by atomic mass is 79.9. The van der Waals surface area contributed by atoms with E-state index in [9.17, 15) is 0 Å². The van der Waals surface area contributed by atoms with Crippen molar-refractivity contribution in [2.24, 2.45) is 5.92 Å². The number of ether oxygens (including phenoxy) is 1. The summed E-state index contributed by atoms with van der Waals surface area (Å²) in [4.78, 5) is 2.66. The first-order chi connectivity index (χ1) is 14.1. The van der Waals surface area contributed by atoms with Gasteiger partial charge in [0.05, 0.1) is 6.10 Å². The van der Waals surface area contributed by atoms with Crippen LogP contribution in [0, 0.1) is 5.92 Å². The van der Waals surface area contributed by atoms with Crippen molar-refractivity contribution >= 4 is 21.6 Å². The second-order valence-corrected chi connectivity index (χ2v) is 9.75. The molecule has 2 aliphatic rings. The van der Waals surface area contributed by atoms with Crippen LogP contribution in [0.2, 0.25) is 0 Å². The van der Waals surface area contributed by atoms with Crippen LogP contribution in [0.15, 0.2) is 46.9 Å². The molecule has 1 atom stereocenters. The Hall–Kier alpha value is -1.52. The molecule has 2 heterocycles. The van der Waals surface area contributed by atoms with Gasteiger partial charge in [0.15, 0.2) is 0 Å². The number of likely N-dealkylation sites (tertiary alicyclic amines) is 1. The van der Waals surface area contributed by atoms with Gasteiger partial charge in [-0.1, -0.05) is 34.1 Å². The average Bonchev–Trinajstić information content (AvgIpc) is 3.13. The predicted octanol–water partition coefficient (Wildman–Crippen LogP) is 5.92. The number of anilines is 1. The third-order valence-corrected chi connectivity index (χ3v) is 7.02.